The highest BCUT2D eigenvalue weighted by Crippen LogP contribution is 2.32. The monoisotopic (exact) mass is 425 g/mol. The van der Waals surface area contributed by atoms with Crippen molar-refractivity contribution in [2.24, 2.45) is 0 Å². The zero-order valence-electron chi connectivity index (χ0n) is 15.0. The second kappa shape index (κ2) is 9.75. The second-order valence-electron chi connectivity index (χ2n) is 6.16. The van der Waals surface area contributed by atoms with Crippen molar-refractivity contribution in [3.05, 3.63) is 22.7 Å². The van der Waals surface area contributed by atoms with Crippen LogP contribution in [0.1, 0.15) is 29.6 Å². The molecule has 1 aliphatic rings. The zero-order valence-corrected chi connectivity index (χ0v) is 17.4. The molecule has 1 amide bonds. The van der Waals surface area contributed by atoms with Gasteiger partial charge in [0.25, 0.3) is 5.91 Å². The molecule has 26 heavy (non-hydrogen) atoms. The number of amides is 1. The molecular weight excluding hydrogens is 401 g/mol. The Morgan fingerprint density at radius 2 is 2.12 bits per heavy atom. The van der Waals surface area contributed by atoms with Crippen LogP contribution in [0.3, 0.4) is 0 Å². The third kappa shape index (κ3) is 5.47. The lowest BCUT2D eigenvalue weighted by Crippen LogP contribution is -2.31. The summed E-state index contributed by atoms with van der Waals surface area (Å²) in [6.45, 7) is 1.27. The Kier molecular flexibility index (Phi) is 8.62. The Hall–Kier alpha value is -1.06. The van der Waals surface area contributed by atoms with Crippen molar-refractivity contribution in [1.29, 1.82) is 0 Å². The largest absolute Gasteiger partial charge is 0.494 e. The van der Waals surface area contributed by atoms with Gasteiger partial charge in [0.2, 0.25) is 10.0 Å². The van der Waals surface area contributed by atoms with Crippen LogP contribution in [0.5, 0.6) is 5.75 Å². The van der Waals surface area contributed by atoms with Crippen molar-refractivity contribution < 1.29 is 17.9 Å². The molecule has 148 valence electrons. The van der Waals surface area contributed by atoms with Crippen molar-refractivity contribution in [2.45, 2.75) is 30.2 Å². The van der Waals surface area contributed by atoms with Gasteiger partial charge in [-0.05, 0) is 37.9 Å². The SMILES string of the molecule is COc1c(C(=O)N(C)C)cc(Cl)cc1S(=O)(=O)NCC[C@H]1CCCN1.Cl. The average Bonchev–Trinajstić information content (AvgIpc) is 3.06. The number of benzene rings is 1. The van der Waals surface area contributed by atoms with Crippen molar-refractivity contribution in [1.82, 2.24) is 14.9 Å². The minimum Gasteiger partial charge on any atom is -0.494 e. The molecule has 2 rings (SSSR count). The first-order valence-corrected chi connectivity index (χ1v) is 9.94. The summed E-state index contributed by atoms with van der Waals surface area (Å²) in [4.78, 5) is 13.5. The van der Waals surface area contributed by atoms with E-state index in [9.17, 15) is 13.2 Å². The molecule has 1 aromatic carbocycles. The third-order valence-electron chi connectivity index (χ3n) is 4.10. The lowest BCUT2D eigenvalue weighted by molar-refractivity contribution is 0.0824. The van der Waals surface area contributed by atoms with Gasteiger partial charge in [-0.25, -0.2) is 13.1 Å². The molecule has 10 heteroatoms. The van der Waals surface area contributed by atoms with Crippen LogP contribution in [0.25, 0.3) is 0 Å². The molecule has 7 nitrogen and oxygen atoms in total. The molecule has 0 bridgehead atoms. The number of carbonyl (C=O) groups excluding carboxylic acids is 1. The van der Waals surface area contributed by atoms with Gasteiger partial charge < -0.3 is 15.0 Å². The predicted octanol–water partition coefficient (Wildman–Crippen LogP) is 1.89. The summed E-state index contributed by atoms with van der Waals surface area (Å²) < 4.78 is 33.2. The van der Waals surface area contributed by atoms with Crippen LogP contribution in [-0.4, -0.2) is 59.6 Å². The minimum atomic E-state index is -3.86. The normalized spacial score (nSPS) is 16.8. The van der Waals surface area contributed by atoms with Crippen molar-refractivity contribution >= 4 is 39.9 Å². The summed E-state index contributed by atoms with van der Waals surface area (Å²) in [6, 6.07) is 3.03. The number of halogens is 2. The number of rotatable bonds is 7. The highest BCUT2D eigenvalue weighted by atomic mass is 35.5. The van der Waals surface area contributed by atoms with Gasteiger partial charge >= 0.3 is 0 Å². The second-order valence-corrected chi connectivity index (χ2v) is 8.34. The quantitative estimate of drug-likeness (QED) is 0.696. The zero-order chi connectivity index (χ0) is 18.6. The molecular formula is C16H25Cl2N3O4S. The van der Waals surface area contributed by atoms with Gasteiger partial charge in [-0.15, -0.1) is 12.4 Å². The summed E-state index contributed by atoms with van der Waals surface area (Å²) in [6.07, 6.45) is 2.85. The van der Waals surface area contributed by atoms with Crippen LogP contribution in [0.2, 0.25) is 5.02 Å². The molecule has 0 radical (unpaired) electrons. The molecule has 1 atom stereocenters. The number of hydrogen-bond donors (Lipinski definition) is 2. The molecule has 0 aromatic heterocycles. The minimum absolute atomic E-state index is 0. The van der Waals surface area contributed by atoms with E-state index in [1.54, 1.807) is 14.1 Å². The Bertz CT molecular complexity index is 735. The van der Waals surface area contributed by atoms with Gasteiger partial charge in [-0.1, -0.05) is 11.6 Å². The van der Waals surface area contributed by atoms with Gasteiger partial charge in [0.1, 0.15) is 4.90 Å². The highest BCUT2D eigenvalue weighted by molar-refractivity contribution is 7.89. The van der Waals surface area contributed by atoms with E-state index in [-0.39, 0.29) is 39.5 Å². The maximum atomic E-state index is 12.7. The van der Waals surface area contributed by atoms with E-state index < -0.39 is 10.0 Å². The maximum absolute atomic E-state index is 12.7. The first-order chi connectivity index (χ1) is 11.8. The van der Waals surface area contributed by atoms with Gasteiger partial charge in [-0.3, -0.25) is 4.79 Å². The van der Waals surface area contributed by atoms with Gasteiger partial charge in [0, 0.05) is 31.7 Å². The standard InChI is InChI=1S/C16H24ClN3O4S.ClH/c1-20(2)16(21)13-9-11(17)10-14(15(13)24-3)25(22,23)19-8-6-12-5-4-7-18-12;/h9-10,12,18-19H,4-8H2,1-3H3;1H/t12-;/m1./s1. The molecule has 1 saturated heterocycles. The molecule has 1 aliphatic heterocycles. The van der Waals surface area contributed by atoms with E-state index in [0.29, 0.717) is 19.0 Å². The smallest absolute Gasteiger partial charge is 0.257 e. The number of carbonyl (C=O) groups is 1. The summed E-state index contributed by atoms with van der Waals surface area (Å²) in [5.74, 6) is -0.388. The number of sulfonamides is 1. The van der Waals surface area contributed by atoms with Gasteiger partial charge in [0.15, 0.2) is 5.75 Å². The topological polar surface area (TPSA) is 87.7 Å². The molecule has 1 heterocycles. The van der Waals surface area contributed by atoms with E-state index >= 15 is 0 Å². The summed E-state index contributed by atoms with van der Waals surface area (Å²) >= 11 is 6.04. The Balaban J connectivity index is 0.00000338. The lowest BCUT2D eigenvalue weighted by atomic mass is 10.2. The number of nitrogens with one attached hydrogen (secondary N) is 2. The van der Waals surface area contributed by atoms with Crippen molar-refractivity contribution in [3.63, 3.8) is 0 Å². The fourth-order valence-corrected chi connectivity index (χ4v) is 4.37. The van der Waals surface area contributed by atoms with Gasteiger partial charge in [0.05, 0.1) is 12.7 Å². The van der Waals surface area contributed by atoms with E-state index in [0.717, 1.165) is 19.4 Å². The predicted molar refractivity (Wildman–Crippen MR) is 104 cm³/mol. The van der Waals surface area contributed by atoms with Crippen LogP contribution in [0.15, 0.2) is 17.0 Å². The Labute approximate surface area is 165 Å². The molecule has 0 aliphatic carbocycles. The molecule has 1 aromatic rings. The van der Waals surface area contributed by atoms with Crippen LogP contribution in [0, 0.1) is 0 Å². The maximum Gasteiger partial charge on any atom is 0.257 e. The summed E-state index contributed by atoms with van der Waals surface area (Å²) in [5.41, 5.74) is 0.109. The summed E-state index contributed by atoms with van der Waals surface area (Å²) in [5, 5.41) is 3.48. The van der Waals surface area contributed by atoms with Gasteiger partial charge in [-0.2, -0.15) is 0 Å². The molecule has 0 saturated carbocycles. The summed E-state index contributed by atoms with van der Waals surface area (Å²) in [7, 11) is 0.620. The van der Waals surface area contributed by atoms with Crippen LogP contribution >= 0.6 is 24.0 Å². The number of methoxy groups -OCH3 is 1. The average molecular weight is 426 g/mol. The van der Waals surface area contributed by atoms with Crippen molar-refractivity contribution in [2.75, 3.05) is 34.3 Å². The molecule has 0 spiro atoms. The van der Waals surface area contributed by atoms with E-state index in [4.69, 9.17) is 16.3 Å². The number of nitrogens with zero attached hydrogens (tertiary/aromatic N) is 1. The fourth-order valence-electron chi connectivity index (χ4n) is 2.83. The fraction of sp³-hybridized carbons (Fsp3) is 0.562. The number of hydrogen-bond acceptors (Lipinski definition) is 5. The van der Waals surface area contributed by atoms with Crippen LogP contribution < -0.4 is 14.8 Å². The number of ether oxygens (including phenoxy) is 1. The highest BCUT2D eigenvalue weighted by Gasteiger charge is 2.26. The molecule has 0 unspecified atom stereocenters. The van der Waals surface area contributed by atoms with E-state index in [2.05, 4.69) is 10.0 Å². The third-order valence-corrected chi connectivity index (χ3v) is 5.78. The first-order valence-electron chi connectivity index (χ1n) is 8.08. The first kappa shape index (κ1) is 23.0. The van der Waals surface area contributed by atoms with Crippen LogP contribution in [0.4, 0.5) is 0 Å². The van der Waals surface area contributed by atoms with Crippen LogP contribution in [-0.2, 0) is 10.0 Å². The Morgan fingerprint density at radius 1 is 1.42 bits per heavy atom. The Morgan fingerprint density at radius 3 is 2.65 bits per heavy atom. The van der Waals surface area contributed by atoms with Crippen molar-refractivity contribution in [3.8, 4) is 5.75 Å². The molecule has 1 fully saturated rings. The van der Waals surface area contributed by atoms with E-state index in [1.807, 2.05) is 0 Å². The van der Waals surface area contributed by atoms with E-state index in [1.165, 1.54) is 24.1 Å². The molecule has 2 N–H and O–H groups in total. The lowest BCUT2D eigenvalue weighted by Gasteiger charge is -2.18.